The van der Waals surface area contributed by atoms with E-state index in [-0.39, 0.29) is 12.1 Å². The molecule has 1 heterocycles. The fraction of sp³-hybridized carbons (Fsp3) is 0.667. The Balaban J connectivity index is 1.90. The molecule has 1 fully saturated rings. The first-order valence-corrected chi connectivity index (χ1v) is 6.63. The summed E-state index contributed by atoms with van der Waals surface area (Å²) in [6, 6.07) is 4.88. The molecule has 3 heteroatoms. The Kier molecular flexibility index (Phi) is 3.78. The van der Waals surface area contributed by atoms with Crippen LogP contribution in [0.25, 0.3) is 0 Å². The van der Waals surface area contributed by atoms with Crippen LogP contribution in [0.5, 0.6) is 0 Å². The molecule has 3 atom stereocenters. The largest absolute Gasteiger partial charge is 0.392 e. The molecule has 2 N–H and O–H groups in total. The first kappa shape index (κ1) is 11.1. The minimum atomic E-state index is -0.152. The van der Waals surface area contributed by atoms with Gasteiger partial charge in [-0.1, -0.05) is 18.9 Å². The number of hydrogen-bond acceptors (Lipinski definition) is 3. The van der Waals surface area contributed by atoms with Crippen LogP contribution in [0.15, 0.2) is 17.5 Å². The van der Waals surface area contributed by atoms with Crippen molar-refractivity contribution >= 4 is 11.3 Å². The molecule has 2 nitrogen and oxygen atoms in total. The van der Waals surface area contributed by atoms with E-state index in [2.05, 4.69) is 29.8 Å². The zero-order valence-corrected chi connectivity index (χ0v) is 9.96. The third kappa shape index (κ3) is 2.80. The third-order valence-corrected chi connectivity index (χ3v) is 4.22. The minimum absolute atomic E-state index is 0.152. The van der Waals surface area contributed by atoms with Gasteiger partial charge in [-0.25, -0.2) is 0 Å². The molecule has 0 spiro atoms. The van der Waals surface area contributed by atoms with E-state index in [4.69, 9.17) is 0 Å². The fourth-order valence-electron chi connectivity index (χ4n) is 2.25. The van der Waals surface area contributed by atoms with Gasteiger partial charge >= 0.3 is 0 Å². The van der Waals surface area contributed by atoms with E-state index in [1.165, 1.54) is 17.7 Å². The molecule has 1 saturated carbocycles. The predicted octanol–water partition coefficient (Wildman–Crippen LogP) is 2.70. The van der Waals surface area contributed by atoms with Crippen molar-refractivity contribution < 1.29 is 5.11 Å². The van der Waals surface area contributed by atoms with E-state index < -0.39 is 0 Å². The van der Waals surface area contributed by atoms with Gasteiger partial charge in [0.1, 0.15) is 0 Å². The smallest absolute Gasteiger partial charge is 0.0693 e. The van der Waals surface area contributed by atoms with E-state index >= 15 is 0 Å². The summed E-state index contributed by atoms with van der Waals surface area (Å²) in [5.74, 6) is 0. The molecule has 1 aromatic heterocycles. The van der Waals surface area contributed by atoms with Gasteiger partial charge in [0.15, 0.2) is 0 Å². The standard InChI is InChI=1S/C12H19NOS/c1-9(12-7-4-8-15-12)13-10-5-2-3-6-11(10)14/h4,7-11,13-14H,2-3,5-6H2,1H3/t9?,10-,11-/m0/s1. The molecule has 1 aromatic rings. The van der Waals surface area contributed by atoms with E-state index in [0.717, 1.165) is 12.8 Å². The molecule has 1 aliphatic carbocycles. The van der Waals surface area contributed by atoms with Crippen LogP contribution in [0.4, 0.5) is 0 Å². The van der Waals surface area contributed by atoms with E-state index in [1.54, 1.807) is 11.3 Å². The second kappa shape index (κ2) is 5.10. The highest BCUT2D eigenvalue weighted by atomic mass is 32.1. The zero-order valence-electron chi connectivity index (χ0n) is 9.15. The summed E-state index contributed by atoms with van der Waals surface area (Å²) in [5.41, 5.74) is 0. The summed E-state index contributed by atoms with van der Waals surface area (Å²) in [4.78, 5) is 1.35. The Morgan fingerprint density at radius 1 is 1.47 bits per heavy atom. The van der Waals surface area contributed by atoms with Gasteiger partial charge in [0.25, 0.3) is 0 Å². The number of thiophene rings is 1. The summed E-state index contributed by atoms with van der Waals surface area (Å²) in [5, 5.41) is 15.5. The van der Waals surface area contributed by atoms with Gasteiger partial charge in [0, 0.05) is 17.0 Å². The molecule has 0 saturated heterocycles. The van der Waals surface area contributed by atoms with Crippen molar-refractivity contribution in [1.29, 1.82) is 0 Å². The number of nitrogens with one attached hydrogen (secondary N) is 1. The average molecular weight is 225 g/mol. The number of rotatable bonds is 3. The maximum absolute atomic E-state index is 9.86. The second-order valence-electron chi connectivity index (χ2n) is 4.36. The quantitative estimate of drug-likeness (QED) is 0.829. The van der Waals surface area contributed by atoms with Crippen LogP contribution in [0, 0.1) is 0 Å². The van der Waals surface area contributed by atoms with Crippen molar-refractivity contribution in [3.63, 3.8) is 0 Å². The van der Waals surface area contributed by atoms with Gasteiger partial charge in [-0.15, -0.1) is 11.3 Å². The number of hydrogen-bond donors (Lipinski definition) is 2. The molecule has 0 aromatic carbocycles. The normalized spacial score (nSPS) is 28.9. The highest BCUT2D eigenvalue weighted by Crippen LogP contribution is 2.23. The van der Waals surface area contributed by atoms with Gasteiger partial charge in [-0.05, 0) is 31.2 Å². The van der Waals surface area contributed by atoms with Gasteiger partial charge in [-0.2, -0.15) is 0 Å². The first-order valence-electron chi connectivity index (χ1n) is 5.75. The monoisotopic (exact) mass is 225 g/mol. The Bertz CT molecular complexity index is 286. The van der Waals surface area contributed by atoms with Gasteiger partial charge in [0.2, 0.25) is 0 Å². The molecule has 15 heavy (non-hydrogen) atoms. The lowest BCUT2D eigenvalue weighted by atomic mass is 9.92. The second-order valence-corrected chi connectivity index (χ2v) is 5.34. The topological polar surface area (TPSA) is 32.3 Å². The van der Waals surface area contributed by atoms with Crippen LogP contribution in [-0.4, -0.2) is 17.3 Å². The molecular weight excluding hydrogens is 206 g/mol. The lowest BCUT2D eigenvalue weighted by Gasteiger charge is -2.30. The van der Waals surface area contributed by atoms with Gasteiger partial charge < -0.3 is 10.4 Å². The van der Waals surface area contributed by atoms with Crippen molar-refractivity contribution in [2.24, 2.45) is 0 Å². The Labute approximate surface area is 95.3 Å². The fourth-order valence-corrected chi connectivity index (χ4v) is 2.99. The molecular formula is C12H19NOS. The minimum Gasteiger partial charge on any atom is -0.392 e. The Morgan fingerprint density at radius 3 is 2.93 bits per heavy atom. The molecule has 0 bridgehead atoms. The van der Waals surface area contributed by atoms with E-state index in [0.29, 0.717) is 6.04 Å². The van der Waals surface area contributed by atoms with Crippen LogP contribution in [0.1, 0.15) is 43.5 Å². The Morgan fingerprint density at radius 2 is 2.27 bits per heavy atom. The highest BCUT2D eigenvalue weighted by Gasteiger charge is 2.24. The third-order valence-electron chi connectivity index (χ3n) is 3.16. The SMILES string of the molecule is CC(N[C@H]1CCCC[C@@H]1O)c1cccs1. The summed E-state index contributed by atoms with van der Waals surface area (Å²) >= 11 is 1.78. The first-order chi connectivity index (χ1) is 7.27. The Hall–Kier alpha value is -0.380. The van der Waals surface area contributed by atoms with Gasteiger partial charge in [0.05, 0.1) is 6.10 Å². The molecule has 0 amide bonds. The van der Waals surface area contributed by atoms with Crippen molar-refractivity contribution in [3.8, 4) is 0 Å². The van der Waals surface area contributed by atoms with E-state index in [1.807, 2.05) is 0 Å². The lowest BCUT2D eigenvalue weighted by molar-refractivity contribution is 0.0862. The molecule has 1 unspecified atom stereocenters. The summed E-state index contributed by atoms with van der Waals surface area (Å²) in [6.45, 7) is 2.17. The maximum atomic E-state index is 9.86. The predicted molar refractivity (Wildman–Crippen MR) is 64.1 cm³/mol. The molecule has 1 aliphatic rings. The summed E-state index contributed by atoms with van der Waals surface area (Å²) in [7, 11) is 0. The van der Waals surface area contributed by atoms with E-state index in [9.17, 15) is 5.11 Å². The zero-order chi connectivity index (χ0) is 10.7. The van der Waals surface area contributed by atoms with Crippen molar-refractivity contribution in [2.75, 3.05) is 0 Å². The van der Waals surface area contributed by atoms with Crippen molar-refractivity contribution in [2.45, 2.75) is 50.8 Å². The van der Waals surface area contributed by atoms with Gasteiger partial charge in [-0.3, -0.25) is 0 Å². The van der Waals surface area contributed by atoms with Crippen molar-refractivity contribution in [3.05, 3.63) is 22.4 Å². The van der Waals surface area contributed by atoms with Crippen LogP contribution >= 0.6 is 11.3 Å². The van der Waals surface area contributed by atoms with Crippen LogP contribution < -0.4 is 5.32 Å². The summed E-state index contributed by atoms with van der Waals surface area (Å²) < 4.78 is 0. The summed E-state index contributed by atoms with van der Waals surface area (Å²) in [6.07, 6.45) is 4.32. The van der Waals surface area contributed by atoms with Crippen LogP contribution in [0.3, 0.4) is 0 Å². The lowest BCUT2D eigenvalue weighted by Crippen LogP contribution is -2.42. The molecule has 2 rings (SSSR count). The number of aliphatic hydroxyl groups excluding tert-OH is 1. The average Bonchev–Trinajstić information content (AvgIpc) is 2.74. The van der Waals surface area contributed by atoms with Crippen LogP contribution in [0.2, 0.25) is 0 Å². The molecule has 84 valence electrons. The maximum Gasteiger partial charge on any atom is 0.0693 e. The van der Waals surface area contributed by atoms with Crippen molar-refractivity contribution in [1.82, 2.24) is 5.32 Å². The molecule has 0 aliphatic heterocycles. The molecule has 0 radical (unpaired) electrons. The van der Waals surface area contributed by atoms with Crippen LogP contribution in [-0.2, 0) is 0 Å². The highest BCUT2D eigenvalue weighted by molar-refractivity contribution is 7.10. The number of aliphatic hydroxyl groups is 1.